The summed E-state index contributed by atoms with van der Waals surface area (Å²) in [6.07, 6.45) is 13.2. The Morgan fingerprint density at radius 2 is 1.85 bits per heavy atom. The molecule has 1 aliphatic rings. The first kappa shape index (κ1) is 17.0. The number of hydrogen-bond donors (Lipinski definition) is 0. The lowest BCUT2D eigenvalue weighted by Crippen LogP contribution is -2.02. The largest absolute Gasteiger partial charge is 0.0856 e. The SMILES string of the molecule is CC(C)=CCC/C(C)=C\CC1=C(C)CCC(C(C)C)=C1. The van der Waals surface area contributed by atoms with Crippen molar-refractivity contribution in [2.24, 2.45) is 5.92 Å². The molecule has 20 heavy (non-hydrogen) atoms. The van der Waals surface area contributed by atoms with Gasteiger partial charge in [0.15, 0.2) is 0 Å². The fourth-order valence-corrected chi connectivity index (χ4v) is 2.57. The van der Waals surface area contributed by atoms with Crippen LogP contribution in [-0.2, 0) is 0 Å². The molecular formula is C20H32. The molecule has 0 unspecified atom stereocenters. The van der Waals surface area contributed by atoms with Crippen LogP contribution >= 0.6 is 0 Å². The minimum Gasteiger partial charge on any atom is -0.0856 e. The summed E-state index contributed by atoms with van der Waals surface area (Å²) in [7, 11) is 0. The van der Waals surface area contributed by atoms with Gasteiger partial charge in [0.1, 0.15) is 0 Å². The lowest BCUT2D eigenvalue weighted by molar-refractivity contribution is 0.693. The second-order valence-electron chi connectivity index (χ2n) is 6.75. The maximum Gasteiger partial charge on any atom is -0.00954 e. The molecular weight excluding hydrogens is 240 g/mol. The van der Waals surface area contributed by atoms with E-state index in [4.69, 9.17) is 0 Å². The average Bonchev–Trinajstić information content (AvgIpc) is 2.37. The molecule has 0 aliphatic heterocycles. The predicted molar refractivity (Wildman–Crippen MR) is 91.9 cm³/mol. The van der Waals surface area contributed by atoms with E-state index >= 15 is 0 Å². The van der Waals surface area contributed by atoms with Gasteiger partial charge in [0.25, 0.3) is 0 Å². The van der Waals surface area contributed by atoms with Crippen LogP contribution in [0.15, 0.2) is 46.1 Å². The highest BCUT2D eigenvalue weighted by Crippen LogP contribution is 2.30. The van der Waals surface area contributed by atoms with E-state index in [-0.39, 0.29) is 0 Å². The van der Waals surface area contributed by atoms with Crippen LogP contribution in [0.2, 0.25) is 0 Å². The molecule has 0 amide bonds. The van der Waals surface area contributed by atoms with E-state index in [1.54, 1.807) is 16.7 Å². The summed E-state index contributed by atoms with van der Waals surface area (Å²) in [5.74, 6) is 0.695. The molecule has 0 N–H and O–H groups in total. The maximum absolute atomic E-state index is 2.46. The van der Waals surface area contributed by atoms with Crippen molar-refractivity contribution in [3.63, 3.8) is 0 Å². The van der Waals surface area contributed by atoms with Crippen molar-refractivity contribution in [2.75, 3.05) is 0 Å². The minimum atomic E-state index is 0.695. The van der Waals surface area contributed by atoms with Crippen LogP contribution in [-0.4, -0.2) is 0 Å². The second-order valence-corrected chi connectivity index (χ2v) is 6.75. The second kappa shape index (κ2) is 8.29. The van der Waals surface area contributed by atoms with Crippen LogP contribution in [0.4, 0.5) is 0 Å². The zero-order valence-electron chi connectivity index (χ0n) is 14.3. The molecule has 0 aromatic rings. The van der Waals surface area contributed by atoms with Crippen molar-refractivity contribution >= 4 is 0 Å². The van der Waals surface area contributed by atoms with E-state index < -0.39 is 0 Å². The Labute approximate surface area is 126 Å². The highest BCUT2D eigenvalue weighted by atomic mass is 14.2. The predicted octanol–water partition coefficient (Wildman–Crippen LogP) is 6.76. The molecule has 0 aromatic carbocycles. The lowest BCUT2D eigenvalue weighted by Gasteiger charge is -2.20. The summed E-state index contributed by atoms with van der Waals surface area (Å²) >= 11 is 0. The van der Waals surface area contributed by atoms with Gasteiger partial charge in [-0.05, 0) is 71.3 Å². The van der Waals surface area contributed by atoms with Gasteiger partial charge < -0.3 is 0 Å². The van der Waals surface area contributed by atoms with Gasteiger partial charge in [0.05, 0.1) is 0 Å². The average molecular weight is 272 g/mol. The standard InChI is InChI=1S/C20H32/c1-15(2)8-7-9-17(5)10-12-20-14-19(16(3)4)13-11-18(20)6/h8,10,14,16H,7,9,11-13H2,1-6H3/b17-10-. The molecule has 1 aliphatic carbocycles. The first-order chi connectivity index (χ1) is 9.40. The van der Waals surface area contributed by atoms with Crippen LogP contribution in [0.25, 0.3) is 0 Å². The molecule has 0 radical (unpaired) electrons. The van der Waals surface area contributed by atoms with Gasteiger partial charge in [-0.3, -0.25) is 0 Å². The van der Waals surface area contributed by atoms with Crippen LogP contribution < -0.4 is 0 Å². The van der Waals surface area contributed by atoms with Gasteiger partial charge in [-0.15, -0.1) is 0 Å². The third-order valence-electron chi connectivity index (χ3n) is 4.20. The van der Waals surface area contributed by atoms with Crippen molar-refractivity contribution in [1.29, 1.82) is 0 Å². The van der Waals surface area contributed by atoms with Crippen LogP contribution in [0.3, 0.4) is 0 Å². The van der Waals surface area contributed by atoms with Crippen LogP contribution in [0.5, 0.6) is 0 Å². The van der Waals surface area contributed by atoms with Gasteiger partial charge in [-0.25, -0.2) is 0 Å². The van der Waals surface area contributed by atoms with Crippen molar-refractivity contribution in [2.45, 2.75) is 73.6 Å². The summed E-state index contributed by atoms with van der Waals surface area (Å²) in [5.41, 5.74) is 7.71. The summed E-state index contributed by atoms with van der Waals surface area (Å²) < 4.78 is 0. The molecule has 0 heteroatoms. The van der Waals surface area contributed by atoms with Crippen molar-refractivity contribution in [3.05, 3.63) is 46.1 Å². The highest BCUT2D eigenvalue weighted by molar-refractivity contribution is 5.35. The van der Waals surface area contributed by atoms with Gasteiger partial charge >= 0.3 is 0 Å². The first-order valence-electron chi connectivity index (χ1n) is 8.08. The fraction of sp³-hybridized carbons (Fsp3) is 0.600. The van der Waals surface area contributed by atoms with Crippen LogP contribution in [0.1, 0.15) is 73.6 Å². The van der Waals surface area contributed by atoms with Crippen molar-refractivity contribution in [1.82, 2.24) is 0 Å². The highest BCUT2D eigenvalue weighted by Gasteiger charge is 2.11. The third kappa shape index (κ3) is 5.94. The molecule has 0 nitrogen and oxygen atoms in total. The Balaban J connectivity index is 2.61. The first-order valence-corrected chi connectivity index (χ1v) is 8.08. The summed E-state index contributed by atoms with van der Waals surface area (Å²) in [6.45, 7) is 13.5. The van der Waals surface area contributed by atoms with E-state index in [2.05, 4.69) is 59.8 Å². The topological polar surface area (TPSA) is 0 Å². The molecule has 1 rings (SSSR count). The lowest BCUT2D eigenvalue weighted by atomic mass is 9.86. The summed E-state index contributed by atoms with van der Waals surface area (Å²) in [4.78, 5) is 0. The number of allylic oxidation sites excluding steroid dienone is 8. The van der Waals surface area contributed by atoms with E-state index in [0.717, 1.165) is 6.42 Å². The van der Waals surface area contributed by atoms with E-state index in [1.165, 1.54) is 36.8 Å². The van der Waals surface area contributed by atoms with Crippen molar-refractivity contribution < 1.29 is 0 Å². The summed E-state index contributed by atoms with van der Waals surface area (Å²) in [5, 5.41) is 0. The minimum absolute atomic E-state index is 0.695. The van der Waals surface area contributed by atoms with Crippen LogP contribution in [0, 0.1) is 5.92 Å². The Bertz CT molecular complexity index is 435. The van der Waals surface area contributed by atoms with Crippen molar-refractivity contribution in [3.8, 4) is 0 Å². The fourth-order valence-electron chi connectivity index (χ4n) is 2.57. The monoisotopic (exact) mass is 272 g/mol. The summed E-state index contributed by atoms with van der Waals surface area (Å²) in [6, 6.07) is 0. The molecule has 0 spiro atoms. The molecule has 112 valence electrons. The smallest absolute Gasteiger partial charge is 0.00954 e. The molecule has 0 bridgehead atoms. The quantitative estimate of drug-likeness (QED) is 0.468. The molecule has 0 fully saturated rings. The molecule has 0 saturated heterocycles. The Hall–Kier alpha value is -1.04. The van der Waals surface area contributed by atoms with Gasteiger partial charge in [0, 0.05) is 0 Å². The normalized spacial score (nSPS) is 16.6. The zero-order valence-corrected chi connectivity index (χ0v) is 14.3. The molecule has 0 heterocycles. The number of hydrogen-bond acceptors (Lipinski definition) is 0. The van der Waals surface area contributed by atoms with E-state index in [0.29, 0.717) is 5.92 Å². The van der Waals surface area contributed by atoms with Gasteiger partial charge in [-0.1, -0.05) is 54.4 Å². The Morgan fingerprint density at radius 3 is 2.45 bits per heavy atom. The van der Waals surface area contributed by atoms with Gasteiger partial charge in [0.2, 0.25) is 0 Å². The Morgan fingerprint density at radius 1 is 1.15 bits per heavy atom. The maximum atomic E-state index is 2.46. The van der Waals surface area contributed by atoms with E-state index in [1.807, 2.05) is 0 Å². The third-order valence-corrected chi connectivity index (χ3v) is 4.20. The molecule has 0 aromatic heterocycles. The Kier molecular flexibility index (Phi) is 7.05. The number of rotatable bonds is 6. The zero-order chi connectivity index (χ0) is 15.1. The van der Waals surface area contributed by atoms with Gasteiger partial charge in [-0.2, -0.15) is 0 Å². The molecule has 0 saturated carbocycles. The molecule has 0 atom stereocenters. The van der Waals surface area contributed by atoms with E-state index in [9.17, 15) is 0 Å².